The van der Waals surface area contributed by atoms with Crippen LogP contribution in [0.3, 0.4) is 0 Å². The number of hydrogen-bond acceptors (Lipinski definition) is 7. The van der Waals surface area contributed by atoms with Crippen molar-refractivity contribution in [3.63, 3.8) is 0 Å². The number of ether oxygens (including phenoxy) is 2. The second kappa shape index (κ2) is 9.56. The Bertz CT molecular complexity index is 930. The van der Waals surface area contributed by atoms with Gasteiger partial charge in [0.25, 0.3) is 0 Å². The number of nitrogens with zero attached hydrogens (tertiary/aromatic N) is 3. The van der Waals surface area contributed by atoms with Crippen molar-refractivity contribution in [1.82, 2.24) is 15.0 Å². The van der Waals surface area contributed by atoms with E-state index in [1.165, 1.54) is 0 Å². The predicted octanol–water partition coefficient (Wildman–Crippen LogP) is 4.36. The molecule has 1 saturated heterocycles. The highest BCUT2D eigenvalue weighted by molar-refractivity contribution is 5.64. The second-order valence-corrected chi connectivity index (χ2v) is 6.60. The van der Waals surface area contributed by atoms with Gasteiger partial charge in [-0.25, -0.2) is 4.98 Å². The fraction of sp³-hybridized carbons (Fsp3) is 0.318. The minimum atomic E-state index is -0.420. The third kappa shape index (κ3) is 4.95. The van der Waals surface area contributed by atoms with E-state index in [0.29, 0.717) is 37.0 Å². The molecule has 1 aliphatic heterocycles. The van der Waals surface area contributed by atoms with E-state index in [9.17, 15) is 0 Å². The topological polar surface area (TPSA) is 75.6 Å². The van der Waals surface area contributed by atoms with Gasteiger partial charge in [0, 0.05) is 30.1 Å². The number of pyridine rings is 3. The van der Waals surface area contributed by atoms with Gasteiger partial charge in [-0.05, 0) is 30.7 Å². The molecular weight excluding hydrogens is 370 g/mol. The fourth-order valence-corrected chi connectivity index (χ4v) is 2.93. The molecule has 3 aromatic rings. The Balaban J connectivity index is 1.66. The molecule has 29 heavy (non-hydrogen) atoms. The monoisotopic (exact) mass is 393 g/mol. The minimum Gasteiger partial charge on any atom is -0.346 e. The lowest BCUT2D eigenvalue weighted by molar-refractivity contribution is -0.207. The first-order valence-electron chi connectivity index (χ1n) is 9.76. The number of unbranched alkanes of at least 4 members (excludes halogenated alkanes) is 1. The maximum absolute atomic E-state index is 5.69. The molecule has 0 N–H and O–H groups in total. The van der Waals surface area contributed by atoms with Crippen LogP contribution in [-0.4, -0.2) is 34.8 Å². The zero-order valence-electron chi connectivity index (χ0n) is 16.3. The summed E-state index contributed by atoms with van der Waals surface area (Å²) >= 11 is 0. The van der Waals surface area contributed by atoms with Gasteiger partial charge < -0.3 is 14.4 Å². The first kappa shape index (κ1) is 19.4. The fourth-order valence-electron chi connectivity index (χ4n) is 2.93. The summed E-state index contributed by atoms with van der Waals surface area (Å²) in [6.45, 7) is 3.78. The third-order valence-electron chi connectivity index (χ3n) is 4.40. The molecule has 4 rings (SSSR count). The highest BCUT2D eigenvalue weighted by atomic mass is 17.2. The quantitative estimate of drug-likeness (QED) is 0.320. The standard InChI is InChI=1S/C22H23N3O4/c1-2-3-10-28-29-17-7-9-24-19(15-17)21-14-16(22-26-11-12-27-22)13-20(25-21)18-6-4-5-8-23-18/h4-9,13-15,22H,2-3,10-12H2,1H3. The Morgan fingerprint density at radius 1 is 0.931 bits per heavy atom. The van der Waals surface area contributed by atoms with Gasteiger partial charge in [0.2, 0.25) is 0 Å². The molecular formula is C22H23N3O4. The lowest BCUT2D eigenvalue weighted by atomic mass is 10.1. The van der Waals surface area contributed by atoms with Gasteiger partial charge in [-0.2, -0.15) is 4.89 Å². The maximum atomic E-state index is 5.69. The summed E-state index contributed by atoms with van der Waals surface area (Å²) in [7, 11) is 0. The van der Waals surface area contributed by atoms with Gasteiger partial charge in [-0.3, -0.25) is 9.97 Å². The van der Waals surface area contributed by atoms with Crippen molar-refractivity contribution in [2.75, 3.05) is 19.8 Å². The van der Waals surface area contributed by atoms with Crippen LogP contribution in [0.1, 0.15) is 31.6 Å². The van der Waals surface area contributed by atoms with Crippen molar-refractivity contribution in [1.29, 1.82) is 0 Å². The summed E-state index contributed by atoms with van der Waals surface area (Å²) in [5, 5.41) is 0. The summed E-state index contributed by atoms with van der Waals surface area (Å²) in [6, 6.07) is 13.1. The van der Waals surface area contributed by atoms with E-state index < -0.39 is 6.29 Å². The van der Waals surface area contributed by atoms with Crippen LogP contribution in [0.15, 0.2) is 54.9 Å². The van der Waals surface area contributed by atoms with Gasteiger partial charge in [0.15, 0.2) is 12.0 Å². The van der Waals surface area contributed by atoms with Crippen molar-refractivity contribution in [3.05, 3.63) is 60.4 Å². The van der Waals surface area contributed by atoms with Crippen molar-refractivity contribution >= 4 is 0 Å². The molecule has 0 aromatic carbocycles. The molecule has 1 fully saturated rings. The van der Waals surface area contributed by atoms with E-state index in [-0.39, 0.29) is 0 Å². The van der Waals surface area contributed by atoms with Crippen LogP contribution >= 0.6 is 0 Å². The van der Waals surface area contributed by atoms with Gasteiger partial charge >= 0.3 is 0 Å². The molecule has 1 aliphatic rings. The lowest BCUT2D eigenvalue weighted by Crippen LogP contribution is -2.02. The van der Waals surface area contributed by atoms with E-state index in [2.05, 4.69) is 16.9 Å². The van der Waals surface area contributed by atoms with Crippen LogP contribution in [0.4, 0.5) is 0 Å². The van der Waals surface area contributed by atoms with Crippen molar-refractivity contribution < 1.29 is 19.2 Å². The summed E-state index contributed by atoms with van der Waals surface area (Å²) in [5.41, 5.74) is 3.72. The highest BCUT2D eigenvalue weighted by Gasteiger charge is 2.21. The summed E-state index contributed by atoms with van der Waals surface area (Å²) in [6.07, 6.45) is 4.98. The molecule has 7 nitrogen and oxygen atoms in total. The Morgan fingerprint density at radius 2 is 1.72 bits per heavy atom. The van der Waals surface area contributed by atoms with Gasteiger partial charge in [0.1, 0.15) is 0 Å². The van der Waals surface area contributed by atoms with Crippen molar-refractivity contribution in [2.24, 2.45) is 0 Å². The molecule has 0 aliphatic carbocycles. The Morgan fingerprint density at radius 3 is 2.48 bits per heavy atom. The van der Waals surface area contributed by atoms with Crippen molar-refractivity contribution in [2.45, 2.75) is 26.1 Å². The van der Waals surface area contributed by atoms with Crippen LogP contribution in [-0.2, 0) is 14.4 Å². The molecule has 0 radical (unpaired) electrons. The first-order valence-corrected chi connectivity index (χ1v) is 9.76. The Kier molecular flexibility index (Phi) is 6.41. The summed E-state index contributed by atoms with van der Waals surface area (Å²) in [4.78, 5) is 24.3. The number of rotatable bonds is 8. The molecule has 0 atom stereocenters. The van der Waals surface area contributed by atoms with Crippen LogP contribution in [0.5, 0.6) is 5.75 Å². The number of hydrogen-bond donors (Lipinski definition) is 0. The van der Waals surface area contributed by atoms with E-state index in [1.807, 2.05) is 30.3 Å². The van der Waals surface area contributed by atoms with E-state index in [0.717, 1.165) is 29.8 Å². The SMILES string of the molecule is CCCCOOc1ccnc(-c2cc(C3OCCO3)cc(-c3ccccn3)n2)c1. The molecule has 0 unspecified atom stereocenters. The molecule has 150 valence electrons. The third-order valence-corrected chi connectivity index (χ3v) is 4.40. The van der Waals surface area contributed by atoms with E-state index in [1.54, 1.807) is 24.5 Å². The Labute approximate surface area is 169 Å². The lowest BCUT2D eigenvalue weighted by Gasteiger charge is -2.13. The second-order valence-electron chi connectivity index (χ2n) is 6.60. The molecule has 0 spiro atoms. The van der Waals surface area contributed by atoms with Crippen LogP contribution < -0.4 is 4.89 Å². The molecule has 4 heterocycles. The zero-order valence-corrected chi connectivity index (χ0v) is 16.3. The maximum Gasteiger partial charge on any atom is 0.184 e. The smallest absolute Gasteiger partial charge is 0.184 e. The highest BCUT2D eigenvalue weighted by Crippen LogP contribution is 2.30. The van der Waals surface area contributed by atoms with Gasteiger partial charge in [-0.15, -0.1) is 0 Å². The average Bonchev–Trinajstić information content (AvgIpc) is 3.32. The predicted molar refractivity (Wildman–Crippen MR) is 107 cm³/mol. The van der Waals surface area contributed by atoms with Gasteiger partial charge in [-0.1, -0.05) is 19.4 Å². The molecule has 0 saturated carbocycles. The molecule has 3 aromatic heterocycles. The van der Waals surface area contributed by atoms with Crippen LogP contribution in [0.25, 0.3) is 22.8 Å². The average molecular weight is 393 g/mol. The Hall–Kier alpha value is -2.87. The normalized spacial score (nSPS) is 14.2. The number of aromatic nitrogens is 3. The molecule has 7 heteroatoms. The van der Waals surface area contributed by atoms with Crippen molar-refractivity contribution in [3.8, 4) is 28.5 Å². The minimum absolute atomic E-state index is 0.420. The zero-order chi connectivity index (χ0) is 19.9. The van der Waals surface area contributed by atoms with Crippen LogP contribution in [0.2, 0.25) is 0 Å². The van der Waals surface area contributed by atoms with E-state index >= 15 is 0 Å². The first-order chi connectivity index (χ1) is 14.3. The largest absolute Gasteiger partial charge is 0.346 e. The molecule has 0 amide bonds. The summed E-state index contributed by atoms with van der Waals surface area (Å²) in [5.74, 6) is 0.575. The summed E-state index contributed by atoms with van der Waals surface area (Å²) < 4.78 is 11.4. The van der Waals surface area contributed by atoms with E-state index in [4.69, 9.17) is 24.2 Å². The van der Waals surface area contributed by atoms with Gasteiger partial charge in [0.05, 0.1) is 42.6 Å². The molecule has 0 bridgehead atoms. The van der Waals surface area contributed by atoms with Crippen LogP contribution in [0, 0.1) is 0 Å².